The lowest BCUT2D eigenvalue weighted by Crippen LogP contribution is -2.25. The molecule has 0 bridgehead atoms. The molecule has 0 aliphatic heterocycles. The van der Waals surface area contributed by atoms with Crippen molar-refractivity contribution in [3.05, 3.63) is 53.1 Å². The number of ether oxygens (including phenoxy) is 2. The van der Waals surface area contributed by atoms with E-state index in [-0.39, 0.29) is 41.5 Å². The van der Waals surface area contributed by atoms with Gasteiger partial charge in [-0.15, -0.1) is 11.8 Å². The Bertz CT molecular complexity index is 948. The van der Waals surface area contributed by atoms with Gasteiger partial charge in [0.1, 0.15) is 0 Å². The molecule has 1 N–H and O–H groups in total. The standard InChI is InChI=1S/C19H20ClF2NO5S2/c1-27-18(24)3-2-9-28-19-16(21)11-14(12-17(19)22)29-10-8-23-30(25,26)15-6-4-13(20)5-7-15/h4-7,11-12,23H,2-3,8-10H2,1H3. The maximum atomic E-state index is 14.1. The highest BCUT2D eigenvalue weighted by molar-refractivity contribution is 7.99. The van der Waals surface area contributed by atoms with E-state index in [0.717, 1.165) is 23.9 Å². The van der Waals surface area contributed by atoms with Crippen LogP contribution in [0.5, 0.6) is 5.75 Å². The van der Waals surface area contributed by atoms with Crippen molar-refractivity contribution in [2.45, 2.75) is 22.6 Å². The first-order valence-electron chi connectivity index (χ1n) is 8.79. The molecule has 0 saturated carbocycles. The van der Waals surface area contributed by atoms with Crippen molar-refractivity contribution < 1.29 is 31.5 Å². The van der Waals surface area contributed by atoms with E-state index in [9.17, 15) is 22.0 Å². The highest BCUT2D eigenvalue weighted by Gasteiger charge is 2.15. The monoisotopic (exact) mass is 479 g/mol. The molecule has 6 nitrogen and oxygen atoms in total. The number of esters is 1. The van der Waals surface area contributed by atoms with Gasteiger partial charge in [0, 0.05) is 28.6 Å². The van der Waals surface area contributed by atoms with E-state index in [2.05, 4.69) is 9.46 Å². The topological polar surface area (TPSA) is 81.7 Å². The first-order chi connectivity index (χ1) is 14.2. The zero-order valence-electron chi connectivity index (χ0n) is 16.0. The summed E-state index contributed by atoms with van der Waals surface area (Å²) in [6, 6.07) is 7.91. The van der Waals surface area contributed by atoms with E-state index >= 15 is 0 Å². The van der Waals surface area contributed by atoms with Crippen LogP contribution in [0.3, 0.4) is 0 Å². The van der Waals surface area contributed by atoms with Crippen LogP contribution in [0.2, 0.25) is 5.02 Å². The van der Waals surface area contributed by atoms with Gasteiger partial charge in [-0.25, -0.2) is 21.9 Å². The number of carbonyl (C=O) groups excluding carboxylic acids is 1. The van der Waals surface area contributed by atoms with E-state index in [0.29, 0.717) is 5.02 Å². The molecule has 0 fully saturated rings. The van der Waals surface area contributed by atoms with Gasteiger partial charge in [-0.2, -0.15) is 0 Å². The normalized spacial score (nSPS) is 11.3. The molecule has 0 unspecified atom stereocenters. The van der Waals surface area contributed by atoms with Crippen LogP contribution >= 0.6 is 23.4 Å². The van der Waals surface area contributed by atoms with Crippen LogP contribution in [0, 0.1) is 11.6 Å². The third-order valence-electron chi connectivity index (χ3n) is 3.76. The Morgan fingerprint density at radius 2 is 1.80 bits per heavy atom. The molecule has 30 heavy (non-hydrogen) atoms. The molecule has 0 radical (unpaired) electrons. The SMILES string of the molecule is COC(=O)CCCOc1c(F)cc(SCCNS(=O)(=O)c2ccc(Cl)cc2)cc1F. The third-order valence-corrected chi connectivity index (χ3v) is 6.46. The fraction of sp³-hybridized carbons (Fsp3) is 0.316. The average Bonchev–Trinajstić information content (AvgIpc) is 2.70. The molecule has 0 aromatic heterocycles. The highest BCUT2D eigenvalue weighted by atomic mass is 35.5. The van der Waals surface area contributed by atoms with Crippen molar-refractivity contribution in [3.63, 3.8) is 0 Å². The minimum Gasteiger partial charge on any atom is -0.488 e. The van der Waals surface area contributed by atoms with Gasteiger partial charge in [0.05, 0.1) is 18.6 Å². The highest BCUT2D eigenvalue weighted by Crippen LogP contribution is 2.28. The van der Waals surface area contributed by atoms with Crippen LogP contribution in [-0.4, -0.2) is 40.4 Å². The Kier molecular flexibility index (Phi) is 9.35. The summed E-state index contributed by atoms with van der Waals surface area (Å²) in [7, 11) is -2.45. The first-order valence-corrected chi connectivity index (χ1v) is 11.6. The molecular weight excluding hydrogens is 460 g/mol. The van der Waals surface area contributed by atoms with Crippen LogP contribution < -0.4 is 9.46 Å². The van der Waals surface area contributed by atoms with Crippen LogP contribution in [0.1, 0.15) is 12.8 Å². The third kappa shape index (κ3) is 7.42. The number of halogens is 3. The summed E-state index contributed by atoms with van der Waals surface area (Å²) >= 11 is 6.83. The molecule has 0 aliphatic rings. The van der Waals surface area contributed by atoms with Gasteiger partial charge in [0.15, 0.2) is 17.4 Å². The van der Waals surface area contributed by atoms with Crippen LogP contribution in [-0.2, 0) is 19.6 Å². The zero-order chi connectivity index (χ0) is 22.1. The lowest BCUT2D eigenvalue weighted by Gasteiger charge is -2.10. The molecule has 2 aromatic rings. The summed E-state index contributed by atoms with van der Waals surface area (Å²) < 4.78 is 64.5. The first kappa shape index (κ1) is 24.4. The van der Waals surface area contributed by atoms with E-state index in [1.807, 2.05) is 0 Å². The van der Waals surface area contributed by atoms with Gasteiger partial charge < -0.3 is 9.47 Å². The van der Waals surface area contributed by atoms with E-state index in [1.165, 1.54) is 31.4 Å². The van der Waals surface area contributed by atoms with Crippen molar-refractivity contribution in [3.8, 4) is 5.75 Å². The second-order valence-corrected chi connectivity index (χ2v) is 9.32. The number of sulfonamides is 1. The van der Waals surface area contributed by atoms with Gasteiger partial charge >= 0.3 is 5.97 Å². The number of benzene rings is 2. The number of hydrogen-bond acceptors (Lipinski definition) is 6. The quantitative estimate of drug-likeness (QED) is 0.298. The van der Waals surface area contributed by atoms with E-state index in [4.69, 9.17) is 16.3 Å². The predicted octanol–water partition coefficient (Wildman–Crippen LogP) is 4.02. The number of carbonyl (C=O) groups is 1. The Labute approximate surface area is 182 Å². The molecule has 164 valence electrons. The minimum absolute atomic E-state index is 0.0398. The molecule has 0 aliphatic carbocycles. The minimum atomic E-state index is -3.70. The summed E-state index contributed by atoms with van der Waals surface area (Å²) in [4.78, 5) is 11.4. The number of hydrogen-bond donors (Lipinski definition) is 1. The van der Waals surface area contributed by atoms with Gasteiger partial charge in [-0.1, -0.05) is 11.6 Å². The summed E-state index contributed by atoms with van der Waals surface area (Å²) in [6.45, 7) is 0.0204. The van der Waals surface area contributed by atoms with Crippen molar-refractivity contribution in [2.75, 3.05) is 26.0 Å². The molecular formula is C19H20ClF2NO5S2. The molecule has 0 heterocycles. The Morgan fingerprint density at radius 3 is 2.40 bits per heavy atom. The Hall–Kier alpha value is -1.88. The van der Waals surface area contributed by atoms with Crippen LogP contribution in [0.4, 0.5) is 8.78 Å². The predicted molar refractivity (Wildman–Crippen MR) is 110 cm³/mol. The average molecular weight is 480 g/mol. The van der Waals surface area contributed by atoms with E-state index < -0.39 is 33.4 Å². The fourth-order valence-electron chi connectivity index (χ4n) is 2.29. The van der Waals surface area contributed by atoms with Gasteiger partial charge in [-0.3, -0.25) is 4.79 Å². The molecule has 0 spiro atoms. The smallest absolute Gasteiger partial charge is 0.305 e. The second kappa shape index (κ2) is 11.5. The Balaban J connectivity index is 1.84. The van der Waals surface area contributed by atoms with Crippen molar-refractivity contribution in [1.82, 2.24) is 4.72 Å². The van der Waals surface area contributed by atoms with Crippen molar-refractivity contribution >= 4 is 39.4 Å². The summed E-state index contributed by atoms with van der Waals surface area (Å²) in [6.07, 6.45) is 0.343. The number of thioether (sulfide) groups is 1. The molecule has 0 atom stereocenters. The molecule has 2 aromatic carbocycles. The molecule has 2 rings (SSSR count). The molecule has 0 saturated heterocycles. The van der Waals surface area contributed by atoms with Crippen LogP contribution in [0.15, 0.2) is 46.2 Å². The van der Waals surface area contributed by atoms with Gasteiger partial charge in [0.25, 0.3) is 0 Å². The zero-order valence-corrected chi connectivity index (χ0v) is 18.4. The second-order valence-electron chi connectivity index (χ2n) is 5.94. The molecule has 0 amide bonds. The number of nitrogens with one attached hydrogen (secondary N) is 1. The fourth-order valence-corrected chi connectivity index (χ4v) is 4.39. The lowest BCUT2D eigenvalue weighted by molar-refractivity contribution is -0.140. The lowest BCUT2D eigenvalue weighted by atomic mass is 10.3. The summed E-state index contributed by atoms with van der Waals surface area (Å²) in [5.74, 6) is -2.45. The van der Waals surface area contributed by atoms with Gasteiger partial charge in [0.2, 0.25) is 10.0 Å². The molecule has 11 heteroatoms. The maximum absolute atomic E-state index is 14.1. The number of methoxy groups -OCH3 is 1. The summed E-state index contributed by atoms with van der Waals surface area (Å²) in [5.41, 5.74) is 0. The van der Waals surface area contributed by atoms with Crippen molar-refractivity contribution in [1.29, 1.82) is 0 Å². The van der Waals surface area contributed by atoms with E-state index in [1.54, 1.807) is 0 Å². The Morgan fingerprint density at radius 1 is 1.17 bits per heavy atom. The largest absolute Gasteiger partial charge is 0.488 e. The maximum Gasteiger partial charge on any atom is 0.305 e. The number of rotatable bonds is 11. The summed E-state index contributed by atoms with van der Waals surface area (Å²) in [5, 5.41) is 0.421. The van der Waals surface area contributed by atoms with Crippen LogP contribution in [0.25, 0.3) is 0 Å². The van der Waals surface area contributed by atoms with Gasteiger partial charge in [-0.05, 0) is 42.8 Å². The van der Waals surface area contributed by atoms with Crippen molar-refractivity contribution in [2.24, 2.45) is 0 Å².